The van der Waals surface area contributed by atoms with Gasteiger partial charge >= 0.3 is 0 Å². The zero-order valence-electron chi connectivity index (χ0n) is 16.3. The van der Waals surface area contributed by atoms with Crippen LogP contribution in [-0.2, 0) is 4.79 Å². The number of benzene rings is 1. The van der Waals surface area contributed by atoms with E-state index in [4.69, 9.17) is 4.52 Å². The molecule has 1 N–H and O–H groups in total. The van der Waals surface area contributed by atoms with Crippen LogP contribution < -0.4 is 10.2 Å². The summed E-state index contributed by atoms with van der Waals surface area (Å²) in [5.41, 5.74) is 2.88. The minimum atomic E-state index is -0.370. The highest BCUT2D eigenvalue weighted by Crippen LogP contribution is 2.27. The van der Waals surface area contributed by atoms with E-state index in [0.717, 1.165) is 23.1 Å². The zero-order valence-corrected chi connectivity index (χ0v) is 16.3. The van der Waals surface area contributed by atoms with Crippen LogP contribution in [0.5, 0.6) is 0 Å². The van der Waals surface area contributed by atoms with Gasteiger partial charge in [-0.3, -0.25) is 14.5 Å². The van der Waals surface area contributed by atoms with Crippen molar-refractivity contribution in [1.82, 2.24) is 10.1 Å². The number of amides is 2. The number of nitrogens with one attached hydrogen (secondary N) is 1. The van der Waals surface area contributed by atoms with Crippen molar-refractivity contribution < 1.29 is 14.1 Å². The van der Waals surface area contributed by atoms with Crippen molar-refractivity contribution in [2.45, 2.75) is 33.2 Å². The molecule has 7 nitrogen and oxygen atoms in total. The number of rotatable bonds is 5. The van der Waals surface area contributed by atoms with Gasteiger partial charge in [-0.2, -0.15) is 0 Å². The van der Waals surface area contributed by atoms with Gasteiger partial charge in [0.1, 0.15) is 12.1 Å². The quantitative estimate of drug-likeness (QED) is 0.677. The number of nitrogens with zero attached hydrogens (tertiary/aromatic N) is 3. The van der Waals surface area contributed by atoms with E-state index in [0.29, 0.717) is 17.2 Å². The van der Waals surface area contributed by atoms with Crippen LogP contribution in [0.15, 0.2) is 53.4 Å². The lowest BCUT2D eigenvalue weighted by Gasteiger charge is -2.31. The Labute approximate surface area is 163 Å². The predicted octanol–water partition coefficient (Wildman–Crippen LogP) is 4.06. The molecule has 0 radical (unpaired) electrons. The highest BCUT2D eigenvalue weighted by Gasteiger charge is 2.22. The molecule has 0 atom stereocenters. The molecule has 0 fully saturated rings. The van der Waals surface area contributed by atoms with Gasteiger partial charge in [0.2, 0.25) is 6.41 Å². The van der Waals surface area contributed by atoms with Crippen LogP contribution in [0.4, 0.5) is 11.6 Å². The van der Waals surface area contributed by atoms with Gasteiger partial charge < -0.3 is 9.84 Å². The Bertz CT molecular complexity index is 974. The van der Waals surface area contributed by atoms with Crippen LogP contribution >= 0.6 is 0 Å². The zero-order chi connectivity index (χ0) is 20.3. The van der Waals surface area contributed by atoms with Crippen LogP contribution in [0.2, 0.25) is 0 Å². The third-order valence-corrected chi connectivity index (χ3v) is 4.31. The smallest absolute Gasteiger partial charge is 0.256 e. The molecule has 0 aliphatic rings. The number of aromatic nitrogens is 2. The third-order valence-electron chi connectivity index (χ3n) is 4.31. The molecule has 7 heteroatoms. The molecule has 0 bridgehead atoms. The molecule has 3 rings (SSSR count). The second kappa shape index (κ2) is 7.64. The monoisotopic (exact) mass is 378 g/mol. The van der Waals surface area contributed by atoms with Gasteiger partial charge in [-0.15, -0.1) is 0 Å². The second-order valence-corrected chi connectivity index (χ2v) is 7.42. The molecule has 2 amide bonds. The van der Waals surface area contributed by atoms with Gasteiger partial charge in [0.25, 0.3) is 5.91 Å². The van der Waals surface area contributed by atoms with Crippen molar-refractivity contribution in [3.63, 3.8) is 0 Å². The second-order valence-electron chi connectivity index (χ2n) is 7.42. The van der Waals surface area contributed by atoms with Crippen molar-refractivity contribution in [3.8, 4) is 11.1 Å². The molecule has 1 aromatic carbocycles. The van der Waals surface area contributed by atoms with Crippen molar-refractivity contribution >= 4 is 24.0 Å². The number of hydrogen-bond donors (Lipinski definition) is 1. The summed E-state index contributed by atoms with van der Waals surface area (Å²) in [5.74, 6) is 0.651. The molecular formula is C21H22N4O3. The Hall–Kier alpha value is -3.48. The summed E-state index contributed by atoms with van der Waals surface area (Å²) < 4.78 is 4.73. The fourth-order valence-electron chi connectivity index (χ4n) is 2.78. The first-order valence-corrected chi connectivity index (χ1v) is 8.83. The summed E-state index contributed by atoms with van der Waals surface area (Å²) in [6, 6.07) is 10.7. The largest absolute Gasteiger partial charge is 0.363 e. The number of carbonyl (C=O) groups excluding carboxylic acids is 2. The van der Waals surface area contributed by atoms with Gasteiger partial charge in [-0.1, -0.05) is 11.2 Å². The van der Waals surface area contributed by atoms with E-state index < -0.39 is 0 Å². The fourth-order valence-corrected chi connectivity index (χ4v) is 2.78. The highest BCUT2D eigenvalue weighted by atomic mass is 16.5. The van der Waals surface area contributed by atoms with Crippen molar-refractivity contribution in [3.05, 3.63) is 60.0 Å². The summed E-state index contributed by atoms with van der Waals surface area (Å²) >= 11 is 0. The highest BCUT2D eigenvalue weighted by molar-refractivity contribution is 6.04. The van der Waals surface area contributed by atoms with Crippen LogP contribution in [0.3, 0.4) is 0 Å². The van der Waals surface area contributed by atoms with E-state index in [9.17, 15) is 9.59 Å². The van der Waals surface area contributed by atoms with E-state index in [2.05, 4.69) is 15.5 Å². The molecule has 0 aliphatic heterocycles. The Morgan fingerprint density at radius 1 is 1.18 bits per heavy atom. The maximum atomic E-state index is 12.4. The molecule has 3 aromatic rings. The summed E-state index contributed by atoms with van der Waals surface area (Å²) in [4.78, 5) is 29.9. The molecule has 2 aromatic heterocycles. The molecule has 144 valence electrons. The number of aryl methyl sites for hydroxylation is 1. The normalized spacial score (nSPS) is 11.1. The van der Waals surface area contributed by atoms with E-state index >= 15 is 0 Å². The Morgan fingerprint density at radius 2 is 1.96 bits per heavy atom. The third kappa shape index (κ3) is 4.09. The van der Waals surface area contributed by atoms with Crippen molar-refractivity contribution in [1.29, 1.82) is 0 Å². The lowest BCUT2D eigenvalue weighted by molar-refractivity contribution is -0.108. The van der Waals surface area contributed by atoms with E-state index in [1.807, 2.05) is 45.9 Å². The SMILES string of the molecule is Cc1ccc(C(=O)Nc2ccon2)cc1-c1ccc(N(C=O)C(C)(C)C)nc1. The Balaban J connectivity index is 1.89. The van der Waals surface area contributed by atoms with Crippen LogP contribution in [0, 0.1) is 6.92 Å². The summed E-state index contributed by atoms with van der Waals surface area (Å²) in [5, 5.41) is 6.36. The Kier molecular flexibility index (Phi) is 5.26. The number of carbonyl (C=O) groups is 2. The maximum absolute atomic E-state index is 12.4. The molecule has 0 spiro atoms. The average Bonchev–Trinajstić information content (AvgIpc) is 3.15. The lowest BCUT2D eigenvalue weighted by atomic mass is 9.99. The number of hydrogen-bond acceptors (Lipinski definition) is 5. The number of anilines is 2. The molecule has 2 heterocycles. The van der Waals surface area contributed by atoms with Crippen LogP contribution in [0.1, 0.15) is 36.7 Å². The molecule has 28 heavy (non-hydrogen) atoms. The minimum absolute atomic E-state index is 0.278. The van der Waals surface area contributed by atoms with E-state index in [1.54, 1.807) is 29.3 Å². The maximum Gasteiger partial charge on any atom is 0.256 e. The summed E-state index contributed by atoms with van der Waals surface area (Å²) in [6.45, 7) is 7.80. The van der Waals surface area contributed by atoms with Crippen LogP contribution in [-0.4, -0.2) is 28.0 Å². The van der Waals surface area contributed by atoms with E-state index in [1.165, 1.54) is 6.26 Å². The lowest BCUT2D eigenvalue weighted by Crippen LogP contribution is -2.40. The fraction of sp³-hybridized carbons (Fsp3) is 0.238. The van der Waals surface area contributed by atoms with Gasteiger partial charge in [0, 0.05) is 28.9 Å². The molecular weight excluding hydrogens is 356 g/mol. The first-order valence-electron chi connectivity index (χ1n) is 8.83. The molecule has 0 aliphatic carbocycles. The van der Waals surface area contributed by atoms with Gasteiger partial charge in [-0.05, 0) is 63.1 Å². The molecule has 0 unspecified atom stereocenters. The first-order chi connectivity index (χ1) is 13.3. The minimum Gasteiger partial charge on any atom is -0.363 e. The van der Waals surface area contributed by atoms with Gasteiger partial charge in [-0.25, -0.2) is 4.98 Å². The molecule has 0 saturated carbocycles. The van der Waals surface area contributed by atoms with E-state index in [-0.39, 0.29) is 11.4 Å². The van der Waals surface area contributed by atoms with Gasteiger partial charge in [0.15, 0.2) is 5.82 Å². The average molecular weight is 378 g/mol. The van der Waals surface area contributed by atoms with Gasteiger partial charge in [0.05, 0.1) is 0 Å². The standard InChI is InChI=1S/C21H22N4O3/c1-14-5-6-15(20(27)23-18-9-10-28-24-18)11-17(14)16-7-8-19(22-12-16)25(13-26)21(2,3)4/h5-13H,1-4H3,(H,23,24,27). The number of pyridine rings is 1. The topological polar surface area (TPSA) is 88.3 Å². The first kappa shape index (κ1) is 19.3. The summed E-state index contributed by atoms with van der Waals surface area (Å²) in [6.07, 6.45) is 3.88. The predicted molar refractivity (Wildman–Crippen MR) is 107 cm³/mol. The Morgan fingerprint density at radius 3 is 2.54 bits per heavy atom. The summed E-state index contributed by atoms with van der Waals surface area (Å²) in [7, 11) is 0. The van der Waals surface area contributed by atoms with Crippen molar-refractivity contribution in [2.24, 2.45) is 0 Å². The van der Waals surface area contributed by atoms with Crippen LogP contribution in [0.25, 0.3) is 11.1 Å². The van der Waals surface area contributed by atoms with Crippen molar-refractivity contribution in [2.75, 3.05) is 10.2 Å². The molecule has 0 saturated heterocycles.